The monoisotopic (exact) mass is 737 g/mol. The Bertz CT molecular complexity index is 1930. The third kappa shape index (κ3) is 6.93. The van der Waals surface area contributed by atoms with Crippen LogP contribution in [-0.4, -0.2) is 0 Å². The van der Waals surface area contributed by atoms with Crippen LogP contribution in [0, 0.1) is 0 Å². The fourth-order valence-electron chi connectivity index (χ4n) is 5.76. The van der Waals surface area contributed by atoms with Crippen molar-refractivity contribution < 1.29 is 0 Å². The second-order valence-corrected chi connectivity index (χ2v) is 18.7. The van der Waals surface area contributed by atoms with Crippen molar-refractivity contribution in [1.29, 1.82) is 0 Å². The second kappa shape index (κ2) is 14.0. The molecule has 3 heterocycles. The number of nitrogens with zero attached hydrogens (tertiary/aromatic N) is 1. The minimum atomic E-state index is 1.13. The fourth-order valence-corrected chi connectivity index (χ4v) is 13.0. The van der Waals surface area contributed by atoms with Crippen LogP contribution in [0.5, 0.6) is 0 Å². The van der Waals surface area contributed by atoms with Gasteiger partial charge < -0.3 is 4.90 Å². The van der Waals surface area contributed by atoms with Gasteiger partial charge in [-0.15, -0.1) is 0 Å². The van der Waals surface area contributed by atoms with Crippen LogP contribution >= 0.6 is 70.6 Å². The van der Waals surface area contributed by atoms with E-state index in [9.17, 15) is 0 Å². The molecule has 49 heavy (non-hydrogen) atoms. The van der Waals surface area contributed by atoms with Gasteiger partial charge in [0.15, 0.2) is 0 Å². The number of hydrogen-bond donors (Lipinski definition) is 0. The van der Waals surface area contributed by atoms with Crippen LogP contribution in [0.25, 0.3) is 18.2 Å². The topological polar surface area (TPSA) is 3.24 Å². The average molecular weight is 738 g/mol. The standard InChI is InChI=1S/C42H27NS6/c1-2-8-35-34(7-1)44-40(45-35)25-28-13-19-31(20-14-28)43(32-21-15-29(16-22-32)26-41-46-36-9-3-4-10-37(36)47-41)33-23-17-30(18-24-33)27-42-48-38-11-5-6-12-39(38)49-42/h1-27H. The molecule has 6 aromatic rings. The average Bonchev–Trinajstić information content (AvgIpc) is 3.86. The summed E-state index contributed by atoms with van der Waals surface area (Å²) in [5.41, 5.74) is 7.00. The zero-order valence-corrected chi connectivity index (χ0v) is 30.9. The molecule has 1 nitrogen and oxygen atoms in total. The first kappa shape index (κ1) is 31.4. The molecular weight excluding hydrogens is 711 g/mol. The molecular formula is C42H27NS6. The van der Waals surface area contributed by atoms with Gasteiger partial charge in [0.2, 0.25) is 0 Å². The Morgan fingerprint density at radius 3 is 0.735 bits per heavy atom. The van der Waals surface area contributed by atoms with Gasteiger partial charge in [-0.05, 0) is 108 Å². The first-order valence-electron chi connectivity index (χ1n) is 15.8. The van der Waals surface area contributed by atoms with E-state index >= 15 is 0 Å². The van der Waals surface area contributed by atoms with Crippen molar-refractivity contribution in [3.8, 4) is 0 Å². The van der Waals surface area contributed by atoms with E-state index in [1.54, 1.807) is 0 Å². The van der Waals surface area contributed by atoms with E-state index in [-0.39, 0.29) is 0 Å². The first-order valence-corrected chi connectivity index (χ1v) is 20.7. The smallest absolute Gasteiger partial charge is 0.0505 e. The quantitative estimate of drug-likeness (QED) is 0.165. The van der Waals surface area contributed by atoms with Gasteiger partial charge in [-0.25, -0.2) is 0 Å². The summed E-state index contributed by atoms with van der Waals surface area (Å²) >= 11 is 11.1. The van der Waals surface area contributed by atoms with E-state index in [0.717, 1.165) is 17.1 Å². The fraction of sp³-hybridized carbons (Fsp3) is 0. The lowest BCUT2D eigenvalue weighted by Crippen LogP contribution is -2.09. The van der Waals surface area contributed by atoms with Crippen molar-refractivity contribution in [3.05, 3.63) is 175 Å². The van der Waals surface area contributed by atoms with Crippen LogP contribution in [0.15, 0.2) is 188 Å². The molecule has 3 aliphatic rings. The summed E-state index contributed by atoms with van der Waals surface area (Å²) < 4.78 is 3.93. The largest absolute Gasteiger partial charge is 0.311 e. The number of thioether (sulfide) groups is 6. The molecule has 9 rings (SSSR count). The number of anilines is 3. The van der Waals surface area contributed by atoms with Gasteiger partial charge in [-0.1, -0.05) is 143 Å². The van der Waals surface area contributed by atoms with Gasteiger partial charge in [0.25, 0.3) is 0 Å². The highest BCUT2D eigenvalue weighted by molar-refractivity contribution is 8.25. The molecule has 0 radical (unpaired) electrons. The molecule has 0 saturated heterocycles. The Kier molecular flexibility index (Phi) is 8.97. The van der Waals surface area contributed by atoms with Crippen LogP contribution in [0.1, 0.15) is 16.7 Å². The zero-order chi connectivity index (χ0) is 32.6. The third-order valence-corrected chi connectivity index (χ3v) is 15.4. The van der Waals surface area contributed by atoms with Crippen LogP contribution in [0.2, 0.25) is 0 Å². The zero-order valence-electron chi connectivity index (χ0n) is 26.0. The highest BCUT2D eigenvalue weighted by Crippen LogP contribution is 2.53. The lowest BCUT2D eigenvalue weighted by atomic mass is 10.1. The summed E-state index contributed by atoms with van der Waals surface area (Å²) in [6.07, 6.45) is 6.88. The second-order valence-electron chi connectivity index (χ2n) is 11.5. The molecule has 0 N–H and O–H groups in total. The molecule has 0 amide bonds. The summed E-state index contributed by atoms with van der Waals surface area (Å²) in [5, 5.41) is 0. The van der Waals surface area contributed by atoms with E-state index in [1.165, 1.54) is 58.8 Å². The van der Waals surface area contributed by atoms with Crippen molar-refractivity contribution in [1.82, 2.24) is 0 Å². The Morgan fingerprint density at radius 2 is 0.510 bits per heavy atom. The molecule has 6 aromatic carbocycles. The maximum absolute atomic E-state index is 2.35. The normalized spacial score (nSPS) is 14.3. The van der Waals surface area contributed by atoms with Crippen molar-refractivity contribution in [3.63, 3.8) is 0 Å². The molecule has 0 saturated carbocycles. The molecule has 0 atom stereocenters. The lowest BCUT2D eigenvalue weighted by molar-refractivity contribution is 1.27. The summed E-state index contributed by atoms with van der Waals surface area (Å²) in [4.78, 5) is 10.4. The van der Waals surface area contributed by atoms with Crippen LogP contribution in [0.3, 0.4) is 0 Å². The van der Waals surface area contributed by atoms with E-state index in [4.69, 9.17) is 0 Å². The molecule has 0 aliphatic carbocycles. The SMILES string of the molecule is C(=C1Sc2ccccc2S1)c1ccc(N(c2ccc(C=C3Sc4ccccc4S3)cc2)c2ccc(C=C3Sc4ccccc4S3)cc2)cc1. The Morgan fingerprint density at radius 1 is 0.286 bits per heavy atom. The van der Waals surface area contributed by atoms with E-state index in [1.807, 2.05) is 70.6 Å². The summed E-state index contributed by atoms with van der Waals surface area (Å²) in [6.45, 7) is 0. The van der Waals surface area contributed by atoms with E-state index < -0.39 is 0 Å². The molecule has 0 aromatic heterocycles. The Labute approximate surface area is 312 Å². The molecule has 0 spiro atoms. The predicted octanol–water partition coefficient (Wildman–Crippen LogP) is 14.7. The Balaban J connectivity index is 0.999. The maximum atomic E-state index is 2.35. The van der Waals surface area contributed by atoms with E-state index in [0.29, 0.717) is 0 Å². The molecule has 7 heteroatoms. The predicted molar refractivity (Wildman–Crippen MR) is 220 cm³/mol. The summed E-state index contributed by atoms with van der Waals surface area (Å²) in [7, 11) is 0. The lowest BCUT2D eigenvalue weighted by Gasteiger charge is -2.26. The minimum Gasteiger partial charge on any atom is -0.311 e. The van der Waals surface area contributed by atoms with Crippen molar-refractivity contribution in [2.24, 2.45) is 0 Å². The van der Waals surface area contributed by atoms with Gasteiger partial charge >= 0.3 is 0 Å². The van der Waals surface area contributed by atoms with Crippen molar-refractivity contribution in [2.75, 3.05) is 4.90 Å². The number of rotatable bonds is 6. The summed E-state index contributed by atoms with van der Waals surface area (Å²) in [6, 6.07) is 52.7. The number of hydrogen-bond acceptors (Lipinski definition) is 7. The Hall–Kier alpha value is -3.56. The van der Waals surface area contributed by atoms with Crippen LogP contribution in [0.4, 0.5) is 17.1 Å². The maximum Gasteiger partial charge on any atom is 0.0505 e. The molecule has 0 bridgehead atoms. The van der Waals surface area contributed by atoms with Crippen LogP contribution in [-0.2, 0) is 0 Å². The van der Waals surface area contributed by atoms with Gasteiger partial charge in [0, 0.05) is 46.4 Å². The van der Waals surface area contributed by atoms with Gasteiger partial charge in [-0.3, -0.25) is 0 Å². The number of benzene rings is 6. The van der Waals surface area contributed by atoms with Crippen molar-refractivity contribution in [2.45, 2.75) is 29.4 Å². The highest BCUT2D eigenvalue weighted by Gasteiger charge is 2.19. The van der Waals surface area contributed by atoms with E-state index in [2.05, 4.69) is 169 Å². The number of fused-ring (bicyclic) bond motifs is 3. The molecule has 236 valence electrons. The third-order valence-electron chi connectivity index (χ3n) is 8.12. The van der Waals surface area contributed by atoms with Crippen molar-refractivity contribution >= 4 is 106 Å². The molecule has 0 fully saturated rings. The summed E-state index contributed by atoms with van der Waals surface area (Å²) in [5.74, 6) is 0. The molecule has 3 aliphatic heterocycles. The van der Waals surface area contributed by atoms with Crippen LogP contribution < -0.4 is 4.90 Å². The minimum absolute atomic E-state index is 1.13. The van der Waals surface area contributed by atoms with Gasteiger partial charge in [0.05, 0.1) is 12.7 Å². The highest BCUT2D eigenvalue weighted by atomic mass is 32.2. The van der Waals surface area contributed by atoms with Gasteiger partial charge in [0.1, 0.15) is 0 Å². The first-order chi connectivity index (χ1) is 24.2. The van der Waals surface area contributed by atoms with Gasteiger partial charge in [-0.2, -0.15) is 0 Å². The molecule has 0 unspecified atom stereocenters.